The second kappa shape index (κ2) is 6.05. The van der Waals surface area contributed by atoms with Gasteiger partial charge in [0.1, 0.15) is 11.6 Å². The van der Waals surface area contributed by atoms with Crippen molar-refractivity contribution in [3.63, 3.8) is 0 Å². The van der Waals surface area contributed by atoms with Gasteiger partial charge in [-0.15, -0.1) is 0 Å². The molecule has 0 saturated heterocycles. The summed E-state index contributed by atoms with van der Waals surface area (Å²) in [5.41, 5.74) is 1.06. The van der Waals surface area contributed by atoms with Crippen LogP contribution < -0.4 is 10.6 Å². The van der Waals surface area contributed by atoms with Gasteiger partial charge in [-0.2, -0.15) is 5.26 Å². The first-order valence-electron chi connectivity index (χ1n) is 7.10. The third-order valence-electron chi connectivity index (χ3n) is 3.75. The lowest BCUT2D eigenvalue weighted by Gasteiger charge is -2.08. The molecule has 0 heterocycles. The minimum Gasteiger partial charge on any atom is -0.334 e. The highest BCUT2D eigenvalue weighted by molar-refractivity contribution is 5.89. The van der Waals surface area contributed by atoms with Crippen molar-refractivity contribution in [3.05, 3.63) is 65.2 Å². The van der Waals surface area contributed by atoms with Crippen molar-refractivity contribution in [1.29, 1.82) is 5.26 Å². The molecular formula is C17H13F2N3O. The summed E-state index contributed by atoms with van der Waals surface area (Å²) >= 11 is 0. The van der Waals surface area contributed by atoms with Crippen LogP contribution in [0.3, 0.4) is 0 Å². The van der Waals surface area contributed by atoms with E-state index >= 15 is 0 Å². The highest BCUT2D eigenvalue weighted by atomic mass is 19.1. The van der Waals surface area contributed by atoms with Crippen LogP contribution in [0.25, 0.3) is 0 Å². The molecule has 0 aromatic heterocycles. The van der Waals surface area contributed by atoms with E-state index in [1.54, 1.807) is 24.3 Å². The zero-order chi connectivity index (χ0) is 16.4. The predicted molar refractivity (Wildman–Crippen MR) is 80.8 cm³/mol. The van der Waals surface area contributed by atoms with E-state index in [1.807, 2.05) is 6.07 Å². The minimum atomic E-state index is -0.591. The lowest BCUT2D eigenvalue weighted by atomic mass is 10.1. The standard InChI is InChI=1S/C17H13F2N3O/c18-13-2-1-3-14(19)16(13)12-8-15(12)22-17(23)21-11-6-4-10(9-20)5-7-11/h1-7,12,15H,8H2,(H2,21,22,23)/t12-,15+/m1/s1. The molecule has 2 atom stereocenters. The maximum absolute atomic E-state index is 13.7. The zero-order valence-electron chi connectivity index (χ0n) is 12.0. The fraction of sp³-hybridized carbons (Fsp3) is 0.176. The zero-order valence-corrected chi connectivity index (χ0v) is 12.0. The molecule has 4 nitrogen and oxygen atoms in total. The molecule has 0 aliphatic heterocycles. The first kappa shape index (κ1) is 15.0. The van der Waals surface area contributed by atoms with Crippen LogP contribution in [-0.4, -0.2) is 12.1 Å². The maximum atomic E-state index is 13.7. The second-order valence-electron chi connectivity index (χ2n) is 5.37. The minimum absolute atomic E-state index is 0.0242. The smallest absolute Gasteiger partial charge is 0.319 e. The van der Waals surface area contributed by atoms with Gasteiger partial charge >= 0.3 is 6.03 Å². The molecule has 0 spiro atoms. The van der Waals surface area contributed by atoms with E-state index in [0.717, 1.165) is 0 Å². The van der Waals surface area contributed by atoms with Gasteiger partial charge in [-0.05, 0) is 42.8 Å². The SMILES string of the molecule is N#Cc1ccc(NC(=O)N[C@H]2C[C@H]2c2c(F)cccc2F)cc1. The highest BCUT2D eigenvalue weighted by Crippen LogP contribution is 2.43. The second-order valence-corrected chi connectivity index (χ2v) is 5.37. The number of rotatable bonds is 3. The third kappa shape index (κ3) is 3.29. The lowest BCUT2D eigenvalue weighted by Crippen LogP contribution is -2.31. The largest absolute Gasteiger partial charge is 0.334 e. The topological polar surface area (TPSA) is 64.9 Å². The first-order valence-corrected chi connectivity index (χ1v) is 7.10. The van der Waals surface area contributed by atoms with E-state index in [2.05, 4.69) is 10.6 Å². The molecule has 2 N–H and O–H groups in total. The number of carbonyl (C=O) groups is 1. The molecule has 116 valence electrons. The van der Waals surface area contributed by atoms with Crippen LogP contribution in [0.2, 0.25) is 0 Å². The van der Waals surface area contributed by atoms with Crippen LogP contribution in [0.5, 0.6) is 0 Å². The van der Waals surface area contributed by atoms with E-state index in [0.29, 0.717) is 17.7 Å². The molecule has 1 fully saturated rings. The molecule has 1 aliphatic carbocycles. The van der Waals surface area contributed by atoms with Gasteiger partial charge in [0.25, 0.3) is 0 Å². The Balaban J connectivity index is 1.59. The average Bonchev–Trinajstić information content (AvgIpc) is 3.26. The summed E-state index contributed by atoms with van der Waals surface area (Å²) in [7, 11) is 0. The highest BCUT2D eigenvalue weighted by Gasteiger charge is 2.42. The quantitative estimate of drug-likeness (QED) is 0.910. The predicted octanol–water partition coefficient (Wildman–Crippen LogP) is 3.51. The van der Waals surface area contributed by atoms with E-state index in [9.17, 15) is 13.6 Å². The molecule has 0 unspecified atom stereocenters. The summed E-state index contributed by atoms with van der Waals surface area (Å²) in [6, 6.07) is 11.4. The number of nitriles is 1. The molecular weight excluding hydrogens is 300 g/mol. The number of nitrogens with zero attached hydrogens (tertiary/aromatic N) is 1. The van der Waals surface area contributed by atoms with Crippen molar-refractivity contribution in [1.82, 2.24) is 5.32 Å². The van der Waals surface area contributed by atoms with E-state index < -0.39 is 17.7 Å². The fourth-order valence-corrected chi connectivity index (χ4v) is 2.50. The Hall–Kier alpha value is -2.94. The Morgan fingerprint density at radius 1 is 1.13 bits per heavy atom. The normalized spacial score (nSPS) is 18.8. The van der Waals surface area contributed by atoms with Gasteiger partial charge in [-0.3, -0.25) is 0 Å². The summed E-state index contributed by atoms with van der Waals surface area (Å²) in [5.74, 6) is -1.53. The summed E-state index contributed by atoms with van der Waals surface area (Å²) in [6.45, 7) is 0. The Morgan fingerprint density at radius 3 is 2.39 bits per heavy atom. The summed E-state index contributed by atoms with van der Waals surface area (Å²) in [6.07, 6.45) is 0.499. The fourth-order valence-electron chi connectivity index (χ4n) is 2.50. The lowest BCUT2D eigenvalue weighted by molar-refractivity contribution is 0.251. The molecule has 6 heteroatoms. The van der Waals surface area contributed by atoms with Crippen molar-refractivity contribution in [2.45, 2.75) is 18.4 Å². The van der Waals surface area contributed by atoms with Gasteiger partial charge in [-0.1, -0.05) is 6.07 Å². The maximum Gasteiger partial charge on any atom is 0.319 e. The summed E-state index contributed by atoms with van der Waals surface area (Å²) < 4.78 is 27.4. The number of benzene rings is 2. The van der Waals surface area contributed by atoms with Crippen molar-refractivity contribution in [3.8, 4) is 6.07 Å². The number of hydrogen-bond donors (Lipinski definition) is 2. The summed E-state index contributed by atoms with van der Waals surface area (Å²) in [5, 5.41) is 14.0. The molecule has 2 aromatic carbocycles. The van der Waals surface area contributed by atoms with Crippen LogP contribution in [0.15, 0.2) is 42.5 Å². The van der Waals surface area contributed by atoms with Gasteiger partial charge in [0.05, 0.1) is 11.6 Å². The molecule has 3 rings (SSSR count). The average molecular weight is 313 g/mol. The first-order chi connectivity index (χ1) is 11.1. The third-order valence-corrected chi connectivity index (χ3v) is 3.75. The number of anilines is 1. The van der Waals surface area contributed by atoms with E-state index in [-0.39, 0.29) is 17.5 Å². The van der Waals surface area contributed by atoms with Gasteiger partial charge in [0.2, 0.25) is 0 Å². The van der Waals surface area contributed by atoms with E-state index in [4.69, 9.17) is 5.26 Å². The molecule has 2 amide bonds. The van der Waals surface area contributed by atoms with Crippen molar-refractivity contribution in [2.24, 2.45) is 0 Å². The van der Waals surface area contributed by atoms with Crippen molar-refractivity contribution in [2.75, 3.05) is 5.32 Å². The molecule has 1 saturated carbocycles. The molecule has 0 radical (unpaired) electrons. The number of urea groups is 1. The van der Waals surface area contributed by atoms with Crippen LogP contribution in [0.1, 0.15) is 23.5 Å². The molecule has 0 bridgehead atoms. The van der Waals surface area contributed by atoms with E-state index in [1.165, 1.54) is 18.2 Å². The number of nitrogens with one attached hydrogen (secondary N) is 2. The molecule has 23 heavy (non-hydrogen) atoms. The molecule has 2 aromatic rings. The van der Waals surface area contributed by atoms with Gasteiger partial charge in [-0.25, -0.2) is 13.6 Å². The Bertz CT molecular complexity index is 763. The Morgan fingerprint density at radius 2 is 1.78 bits per heavy atom. The number of hydrogen-bond acceptors (Lipinski definition) is 2. The van der Waals surface area contributed by atoms with Gasteiger partial charge < -0.3 is 10.6 Å². The van der Waals surface area contributed by atoms with Crippen LogP contribution in [0.4, 0.5) is 19.3 Å². The molecule has 1 aliphatic rings. The van der Waals surface area contributed by atoms with Gasteiger partial charge in [0, 0.05) is 23.2 Å². The van der Waals surface area contributed by atoms with Crippen LogP contribution >= 0.6 is 0 Å². The Kier molecular flexibility index (Phi) is 3.94. The number of amides is 2. The summed E-state index contributed by atoms with van der Waals surface area (Å²) in [4.78, 5) is 11.9. The monoisotopic (exact) mass is 313 g/mol. The van der Waals surface area contributed by atoms with Crippen molar-refractivity contribution >= 4 is 11.7 Å². The Labute approximate surface area is 131 Å². The van der Waals surface area contributed by atoms with Crippen LogP contribution in [-0.2, 0) is 0 Å². The number of halogens is 2. The van der Waals surface area contributed by atoms with Crippen molar-refractivity contribution < 1.29 is 13.6 Å². The number of carbonyl (C=O) groups excluding carboxylic acids is 1. The van der Waals surface area contributed by atoms with Gasteiger partial charge in [0.15, 0.2) is 0 Å². The van der Waals surface area contributed by atoms with Crippen LogP contribution in [0, 0.1) is 23.0 Å².